The van der Waals surface area contributed by atoms with Gasteiger partial charge in [0.05, 0.1) is 22.1 Å². The van der Waals surface area contributed by atoms with Gasteiger partial charge in [0, 0.05) is 38.3 Å². The van der Waals surface area contributed by atoms with Gasteiger partial charge in [-0.1, -0.05) is 248 Å². The van der Waals surface area contributed by atoms with Gasteiger partial charge in [-0.05, 0) is 166 Å². The topological polar surface area (TPSA) is 9.86 Å². The molecule has 10 aromatic carbocycles. The van der Waals surface area contributed by atoms with Crippen LogP contribution in [-0.4, -0.2) is 9.13 Å². The number of fused-ring (bicyclic) bond motifs is 9. The lowest BCUT2D eigenvalue weighted by Gasteiger charge is -2.33. The first-order valence-electron chi connectivity index (χ1n) is 30.6. The highest BCUT2D eigenvalue weighted by Crippen LogP contribution is 2.56. The lowest BCUT2D eigenvalue weighted by molar-refractivity contribution is 0.398. The smallest absolute Gasteiger partial charge is 0.0547 e. The van der Waals surface area contributed by atoms with Crippen molar-refractivity contribution >= 4 is 43.6 Å². The fourth-order valence-corrected chi connectivity index (χ4v) is 14.0. The van der Waals surface area contributed by atoms with Gasteiger partial charge in [0.25, 0.3) is 0 Å². The summed E-state index contributed by atoms with van der Waals surface area (Å²) in [6, 6.07) is 83.3. The van der Waals surface area contributed by atoms with Crippen molar-refractivity contribution in [1.29, 1.82) is 0 Å². The number of aryl methyl sites for hydroxylation is 2. The van der Waals surface area contributed by atoms with Crippen LogP contribution in [0.2, 0.25) is 0 Å². The summed E-state index contributed by atoms with van der Waals surface area (Å²) >= 11 is 0. The summed E-state index contributed by atoms with van der Waals surface area (Å²) in [7, 11) is 0. The summed E-state index contributed by atoms with van der Waals surface area (Å²) in [5.41, 5.74) is 25.9. The highest BCUT2D eigenvalue weighted by Gasteiger charge is 2.43. The largest absolute Gasteiger partial charge is 0.309 e. The van der Waals surface area contributed by atoms with Gasteiger partial charge in [0.1, 0.15) is 0 Å². The Morgan fingerprint density at radius 3 is 1.36 bits per heavy atom. The first kappa shape index (κ1) is 52.2. The van der Waals surface area contributed by atoms with Crippen LogP contribution < -0.4 is 0 Å². The Labute approximate surface area is 480 Å². The second-order valence-corrected chi connectivity index (χ2v) is 23.6. The van der Waals surface area contributed by atoms with E-state index in [9.17, 15) is 0 Å². The molecule has 2 aromatic heterocycles. The van der Waals surface area contributed by atoms with E-state index in [-0.39, 0.29) is 5.41 Å². The summed E-state index contributed by atoms with van der Waals surface area (Å²) in [4.78, 5) is 0. The summed E-state index contributed by atoms with van der Waals surface area (Å²) in [5, 5.41) is 5.07. The molecule has 402 valence electrons. The average Bonchev–Trinajstić information content (AvgIpc) is 4.25. The average molecular weight is 1050 g/mol. The van der Waals surface area contributed by atoms with Crippen molar-refractivity contribution < 1.29 is 0 Å². The van der Waals surface area contributed by atoms with Crippen molar-refractivity contribution in [3.63, 3.8) is 0 Å². The van der Waals surface area contributed by atoms with E-state index >= 15 is 0 Å². The van der Waals surface area contributed by atoms with Gasteiger partial charge in [-0.2, -0.15) is 0 Å². The summed E-state index contributed by atoms with van der Waals surface area (Å²) in [6.07, 6.45) is 18.0. The molecule has 0 spiro atoms. The standard InChI is InChI=1S/C79H76N2/c1-5-7-9-11-13-22-46-79(47-23-14-12-10-8-6-2)73-52-61(59-36-34-58(35-37-59)57-32-30-55(3)31-33-57)38-42-67(73)68-43-39-62(53-74(68)79)64-48-56(4)49-66(50-64)81-76-29-21-19-27-70(76)72-51-60(41-45-77(72)81)63-40-44-71-69-26-18-20-28-75(69)80(78(71)54-63)65-24-16-15-17-25-65/h15-21,24-45,48-54H,5-14,22-23,46-47H2,1-4H3. The van der Waals surface area contributed by atoms with Gasteiger partial charge in [0.15, 0.2) is 0 Å². The number of nitrogens with zero attached hydrogens (tertiary/aromatic N) is 2. The molecule has 0 fully saturated rings. The summed E-state index contributed by atoms with van der Waals surface area (Å²) in [5.74, 6) is 0. The van der Waals surface area contributed by atoms with E-state index in [1.807, 2.05) is 0 Å². The number of unbranched alkanes of at least 4 members (excludes halogenated alkanes) is 10. The molecule has 0 unspecified atom stereocenters. The molecule has 0 aliphatic heterocycles. The van der Waals surface area contributed by atoms with Gasteiger partial charge in [-0.3, -0.25) is 0 Å². The van der Waals surface area contributed by atoms with Crippen molar-refractivity contribution in [3.05, 3.63) is 241 Å². The number of aromatic nitrogens is 2. The van der Waals surface area contributed by atoms with Crippen molar-refractivity contribution in [2.75, 3.05) is 0 Å². The Morgan fingerprint density at radius 1 is 0.284 bits per heavy atom. The molecule has 2 heteroatoms. The van der Waals surface area contributed by atoms with Crippen molar-refractivity contribution in [2.24, 2.45) is 0 Å². The first-order valence-corrected chi connectivity index (χ1v) is 30.6. The molecule has 0 saturated carbocycles. The maximum absolute atomic E-state index is 2.64. The molecule has 0 N–H and O–H groups in total. The number of rotatable bonds is 20. The Bertz CT molecular complexity index is 4190. The van der Waals surface area contributed by atoms with E-state index in [0.29, 0.717) is 0 Å². The molecule has 0 amide bonds. The van der Waals surface area contributed by atoms with Gasteiger partial charge >= 0.3 is 0 Å². The van der Waals surface area contributed by atoms with E-state index in [4.69, 9.17) is 0 Å². The lowest BCUT2D eigenvalue weighted by atomic mass is 9.70. The monoisotopic (exact) mass is 1050 g/mol. The fraction of sp³-hybridized carbons (Fsp3) is 0.241. The molecule has 0 atom stereocenters. The van der Waals surface area contributed by atoms with Crippen LogP contribution in [0.3, 0.4) is 0 Å². The normalized spacial score (nSPS) is 12.7. The minimum atomic E-state index is -0.0616. The molecule has 12 aromatic rings. The molecule has 2 heterocycles. The summed E-state index contributed by atoms with van der Waals surface area (Å²) in [6.45, 7) is 9.10. The lowest BCUT2D eigenvalue weighted by Crippen LogP contribution is -2.25. The van der Waals surface area contributed by atoms with E-state index in [1.54, 1.807) is 11.1 Å². The van der Waals surface area contributed by atoms with Crippen LogP contribution in [0.15, 0.2) is 218 Å². The van der Waals surface area contributed by atoms with Crippen LogP contribution >= 0.6 is 0 Å². The minimum Gasteiger partial charge on any atom is -0.309 e. The van der Waals surface area contributed by atoms with E-state index in [2.05, 4.69) is 255 Å². The van der Waals surface area contributed by atoms with E-state index in [1.165, 1.54) is 212 Å². The zero-order valence-electron chi connectivity index (χ0n) is 48.1. The number of hydrogen-bond donors (Lipinski definition) is 0. The predicted octanol–water partition coefficient (Wildman–Crippen LogP) is 22.9. The summed E-state index contributed by atoms with van der Waals surface area (Å²) < 4.78 is 4.93. The minimum absolute atomic E-state index is 0.0616. The van der Waals surface area contributed by atoms with Crippen LogP contribution in [0.5, 0.6) is 0 Å². The molecule has 0 saturated heterocycles. The molecule has 2 nitrogen and oxygen atoms in total. The molecule has 1 aliphatic rings. The fourth-order valence-electron chi connectivity index (χ4n) is 14.0. The third-order valence-corrected chi connectivity index (χ3v) is 18.2. The third-order valence-electron chi connectivity index (χ3n) is 18.2. The quantitative estimate of drug-likeness (QED) is 0.0673. The van der Waals surface area contributed by atoms with Gasteiger partial charge in [-0.25, -0.2) is 0 Å². The molecule has 1 aliphatic carbocycles. The maximum Gasteiger partial charge on any atom is 0.0547 e. The number of para-hydroxylation sites is 3. The highest BCUT2D eigenvalue weighted by molar-refractivity contribution is 6.12. The molecular formula is C79H76N2. The highest BCUT2D eigenvalue weighted by atomic mass is 15.0. The Balaban J connectivity index is 0.895. The van der Waals surface area contributed by atoms with Crippen LogP contribution in [0.4, 0.5) is 0 Å². The Hall–Kier alpha value is -8.20. The van der Waals surface area contributed by atoms with Crippen LogP contribution in [0.1, 0.15) is 126 Å². The SMILES string of the molecule is CCCCCCCCC1(CCCCCCCC)c2cc(-c3ccc(-c4ccc(C)cc4)cc3)ccc2-c2ccc(-c3cc(C)cc(-n4c5ccccc5c5cc(-c6ccc7c8ccccc8n(-c8ccccc8)c7c6)ccc54)c3)cc21. The van der Waals surface area contributed by atoms with Gasteiger partial charge in [0.2, 0.25) is 0 Å². The number of benzene rings is 10. The van der Waals surface area contributed by atoms with Crippen LogP contribution in [-0.2, 0) is 5.41 Å². The van der Waals surface area contributed by atoms with Crippen LogP contribution in [0.25, 0.3) is 111 Å². The zero-order chi connectivity index (χ0) is 54.9. The molecule has 13 rings (SSSR count). The van der Waals surface area contributed by atoms with Gasteiger partial charge in [-0.15, -0.1) is 0 Å². The van der Waals surface area contributed by atoms with Crippen molar-refractivity contribution in [1.82, 2.24) is 9.13 Å². The predicted molar refractivity (Wildman–Crippen MR) is 349 cm³/mol. The van der Waals surface area contributed by atoms with E-state index in [0.717, 1.165) is 0 Å². The number of hydrogen-bond acceptors (Lipinski definition) is 0. The Kier molecular flexibility index (Phi) is 14.7. The van der Waals surface area contributed by atoms with Gasteiger partial charge < -0.3 is 9.13 Å². The van der Waals surface area contributed by atoms with E-state index < -0.39 is 0 Å². The Morgan fingerprint density at radius 2 is 0.728 bits per heavy atom. The molecule has 0 radical (unpaired) electrons. The second kappa shape index (κ2) is 22.7. The molecule has 81 heavy (non-hydrogen) atoms. The third kappa shape index (κ3) is 9.92. The maximum atomic E-state index is 2.64. The zero-order valence-corrected chi connectivity index (χ0v) is 48.1. The second-order valence-electron chi connectivity index (χ2n) is 23.6. The molecular weight excluding hydrogens is 977 g/mol. The van der Waals surface area contributed by atoms with Crippen LogP contribution in [0, 0.1) is 13.8 Å². The first-order chi connectivity index (χ1) is 39.9. The van der Waals surface area contributed by atoms with Crippen molar-refractivity contribution in [3.8, 4) is 67.0 Å². The molecule has 0 bridgehead atoms. The van der Waals surface area contributed by atoms with Crippen molar-refractivity contribution in [2.45, 2.75) is 123 Å².